The summed E-state index contributed by atoms with van der Waals surface area (Å²) in [5.74, 6) is -0.395. The maximum atomic E-state index is 13.6. The molecule has 1 fully saturated rings. The van der Waals surface area contributed by atoms with Crippen LogP contribution in [0, 0.1) is 6.92 Å². The lowest BCUT2D eigenvalue weighted by Crippen LogP contribution is -2.40. The van der Waals surface area contributed by atoms with Crippen molar-refractivity contribution < 1.29 is 22.5 Å². The summed E-state index contributed by atoms with van der Waals surface area (Å²) < 4.78 is 45.8. The fraction of sp³-hybridized carbons (Fsp3) is 0.400. The predicted molar refractivity (Wildman–Crippen MR) is 98.0 cm³/mol. The second-order valence-corrected chi connectivity index (χ2v) is 7.22. The molecule has 3 aromatic heterocycles. The second-order valence-electron chi connectivity index (χ2n) is 7.22. The normalized spacial score (nSPS) is 17.7. The number of halogens is 3. The molecule has 4 heterocycles. The fourth-order valence-electron chi connectivity index (χ4n) is 3.76. The van der Waals surface area contributed by atoms with Crippen LogP contribution in [0.25, 0.3) is 11.1 Å². The molecule has 1 saturated heterocycles. The van der Waals surface area contributed by atoms with Gasteiger partial charge in [-0.1, -0.05) is 11.2 Å². The Morgan fingerprint density at radius 2 is 2.17 bits per heavy atom. The Kier molecular flexibility index (Phi) is 4.97. The number of piperidine rings is 1. The molecule has 29 heavy (non-hydrogen) atoms. The van der Waals surface area contributed by atoms with Crippen molar-refractivity contribution >= 4 is 17.0 Å². The number of hydrogen-bond acceptors (Lipinski definition) is 5. The van der Waals surface area contributed by atoms with Crippen LogP contribution < -0.4 is 0 Å². The van der Waals surface area contributed by atoms with Gasteiger partial charge in [0.1, 0.15) is 0 Å². The molecule has 1 amide bonds. The topological polar surface area (TPSA) is 72.1 Å². The number of carbonyl (C=O) groups is 1. The quantitative estimate of drug-likeness (QED) is 0.662. The first-order chi connectivity index (χ1) is 13.8. The average Bonchev–Trinajstić information content (AvgIpc) is 3.08. The maximum absolute atomic E-state index is 13.6. The first-order valence-corrected chi connectivity index (χ1v) is 9.34. The molecule has 6 nitrogen and oxygen atoms in total. The van der Waals surface area contributed by atoms with E-state index in [2.05, 4.69) is 15.1 Å². The van der Waals surface area contributed by atoms with E-state index in [-0.39, 0.29) is 40.7 Å². The Bertz CT molecular complexity index is 1030. The van der Waals surface area contributed by atoms with Crippen LogP contribution in [-0.2, 0) is 17.4 Å². The maximum Gasteiger partial charge on any atom is 0.417 e. The molecule has 0 N–H and O–H groups in total. The van der Waals surface area contributed by atoms with Crippen molar-refractivity contribution in [3.05, 3.63) is 53.1 Å². The summed E-state index contributed by atoms with van der Waals surface area (Å²) >= 11 is 0. The summed E-state index contributed by atoms with van der Waals surface area (Å²) in [6, 6.07) is 6.43. The van der Waals surface area contributed by atoms with Gasteiger partial charge in [0.25, 0.3) is 5.71 Å². The first-order valence-electron chi connectivity index (χ1n) is 9.34. The van der Waals surface area contributed by atoms with Crippen LogP contribution in [0.3, 0.4) is 0 Å². The third-order valence-electron chi connectivity index (χ3n) is 5.19. The number of alkyl halides is 3. The number of fused-ring (bicyclic) bond motifs is 1. The Balaban J connectivity index is 1.60. The lowest BCUT2D eigenvalue weighted by molar-refractivity contribution is -0.136. The van der Waals surface area contributed by atoms with Gasteiger partial charge in [-0.05, 0) is 38.0 Å². The van der Waals surface area contributed by atoms with E-state index in [0.29, 0.717) is 31.6 Å². The first kappa shape index (κ1) is 19.4. The number of rotatable bonds is 3. The highest BCUT2D eigenvalue weighted by molar-refractivity contribution is 5.81. The summed E-state index contributed by atoms with van der Waals surface area (Å²) in [4.78, 5) is 22.8. The Morgan fingerprint density at radius 3 is 2.90 bits per heavy atom. The van der Waals surface area contributed by atoms with Crippen LogP contribution in [-0.4, -0.2) is 39.0 Å². The van der Waals surface area contributed by atoms with Crippen LogP contribution in [0.5, 0.6) is 0 Å². The molecule has 1 aliphatic heterocycles. The Morgan fingerprint density at radius 1 is 1.34 bits per heavy atom. The molecular formula is C20H19F3N4O2. The molecule has 4 rings (SSSR count). The highest BCUT2D eigenvalue weighted by atomic mass is 19.4. The van der Waals surface area contributed by atoms with E-state index in [1.54, 1.807) is 23.2 Å². The van der Waals surface area contributed by atoms with Gasteiger partial charge in [0.05, 0.1) is 28.8 Å². The molecule has 0 aliphatic carbocycles. The zero-order chi connectivity index (χ0) is 20.6. The molecule has 3 aromatic rings. The van der Waals surface area contributed by atoms with E-state index in [4.69, 9.17) is 4.52 Å². The number of aromatic nitrogens is 3. The minimum atomic E-state index is -4.55. The number of amides is 1. The fourth-order valence-corrected chi connectivity index (χ4v) is 3.76. The van der Waals surface area contributed by atoms with E-state index in [9.17, 15) is 18.0 Å². The zero-order valence-corrected chi connectivity index (χ0v) is 15.7. The van der Waals surface area contributed by atoms with Crippen LogP contribution >= 0.6 is 0 Å². The highest BCUT2D eigenvalue weighted by Gasteiger charge is 2.37. The Hall–Kier alpha value is -2.97. The van der Waals surface area contributed by atoms with Crippen LogP contribution in [0.4, 0.5) is 13.2 Å². The number of carbonyl (C=O) groups excluding carboxylic acids is 1. The van der Waals surface area contributed by atoms with Crippen LogP contribution in [0.15, 0.2) is 35.0 Å². The number of pyridine rings is 2. The van der Waals surface area contributed by atoms with Crippen molar-refractivity contribution in [1.29, 1.82) is 0 Å². The molecule has 0 radical (unpaired) electrons. The molecule has 9 heteroatoms. The largest absolute Gasteiger partial charge is 0.417 e. The Labute approximate surface area is 164 Å². The van der Waals surface area contributed by atoms with Crippen molar-refractivity contribution in [1.82, 2.24) is 20.0 Å². The lowest BCUT2D eigenvalue weighted by atomic mass is 9.92. The SMILES string of the molecule is Cc1noc2nc([C@@H]3CCCN(C(=O)Cc4ccccn4)C3)cc(C(F)(F)F)c12. The molecule has 1 atom stereocenters. The third-order valence-corrected chi connectivity index (χ3v) is 5.19. The molecule has 0 unspecified atom stereocenters. The molecule has 0 saturated carbocycles. The smallest absolute Gasteiger partial charge is 0.342 e. The van der Waals surface area contributed by atoms with E-state index in [1.807, 2.05) is 6.07 Å². The van der Waals surface area contributed by atoms with Gasteiger partial charge in [-0.25, -0.2) is 4.98 Å². The standard InChI is InChI=1S/C20H19F3N4O2/c1-12-18-15(20(21,22)23)10-16(25-19(18)29-26-12)13-5-4-8-27(11-13)17(28)9-14-6-2-3-7-24-14/h2-3,6-7,10,13H,4-5,8-9,11H2,1H3/t13-/m1/s1. The highest BCUT2D eigenvalue weighted by Crippen LogP contribution is 2.38. The van der Waals surface area contributed by atoms with Gasteiger partial charge < -0.3 is 9.42 Å². The summed E-state index contributed by atoms with van der Waals surface area (Å²) in [6.07, 6.45) is -1.42. The summed E-state index contributed by atoms with van der Waals surface area (Å²) in [6.45, 7) is 2.34. The molecule has 152 valence electrons. The van der Waals surface area contributed by atoms with Gasteiger partial charge in [0, 0.05) is 30.9 Å². The minimum Gasteiger partial charge on any atom is -0.342 e. The van der Waals surface area contributed by atoms with E-state index < -0.39 is 11.7 Å². The van der Waals surface area contributed by atoms with Gasteiger partial charge in [0.2, 0.25) is 5.91 Å². The monoisotopic (exact) mass is 404 g/mol. The van der Waals surface area contributed by atoms with E-state index >= 15 is 0 Å². The number of nitrogens with zero attached hydrogens (tertiary/aromatic N) is 4. The summed E-state index contributed by atoms with van der Waals surface area (Å²) in [7, 11) is 0. The average molecular weight is 404 g/mol. The van der Waals surface area contributed by atoms with E-state index in [0.717, 1.165) is 6.07 Å². The van der Waals surface area contributed by atoms with Gasteiger partial charge in [-0.3, -0.25) is 9.78 Å². The van der Waals surface area contributed by atoms with Crippen molar-refractivity contribution in [2.75, 3.05) is 13.1 Å². The van der Waals surface area contributed by atoms with Gasteiger partial charge in [-0.2, -0.15) is 13.2 Å². The zero-order valence-electron chi connectivity index (χ0n) is 15.7. The minimum absolute atomic E-state index is 0.0963. The third kappa shape index (κ3) is 3.94. The van der Waals surface area contributed by atoms with Crippen LogP contribution in [0.1, 0.15) is 41.4 Å². The number of hydrogen-bond donors (Lipinski definition) is 0. The van der Waals surface area contributed by atoms with Crippen LogP contribution in [0.2, 0.25) is 0 Å². The molecule has 0 spiro atoms. The molecule has 1 aliphatic rings. The van der Waals surface area contributed by atoms with E-state index in [1.165, 1.54) is 6.92 Å². The molecular weight excluding hydrogens is 385 g/mol. The molecule has 0 aromatic carbocycles. The summed E-state index contributed by atoms with van der Waals surface area (Å²) in [5.41, 5.74) is 0.173. The number of likely N-dealkylation sites (tertiary alicyclic amines) is 1. The summed E-state index contributed by atoms with van der Waals surface area (Å²) in [5, 5.41) is 3.53. The van der Waals surface area contributed by atoms with Crippen molar-refractivity contribution in [2.24, 2.45) is 0 Å². The predicted octanol–water partition coefficient (Wildman–Crippen LogP) is 3.89. The molecule has 0 bridgehead atoms. The van der Waals surface area contributed by atoms with Gasteiger partial charge in [0.15, 0.2) is 0 Å². The van der Waals surface area contributed by atoms with Gasteiger partial charge >= 0.3 is 6.18 Å². The number of aryl methyl sites for hydroxylation is 1. The van der Waals surface area contributed by atoms with Crippen molar-refractivity contribution in [3.8, 4) is 0 Å². The van der Waals surface area contributed by atoms with Crippen molar-refractivity contribution in [2.45, 2.75) is 38.3 Å². The van der Waals surface area contributed by atoms with Gasteiger partial charge in [-0.15, -0.1) is 0 Å². The lowest BCUT2D eigenvalue weighted by Gasteiger charge is -2.32. The second kappa shape index (κ2) is 7.46. The van der Waals surface area contributed by atoms with Crippen molar-refractivity contribution in [3.63, 3.8) is 0 Å².